The van der Waals surface area contributed by atoms with Gasteiger partial charge in [-0.05, 0) is 35.7 Å². The zero-order valence-corrected chi connectivity index (χ0v) is 12.6. The number of hydrogen-bond acceptors (Lipinski definition) is 3. The minimum Gasteiger partial charge on any atom is -0.350 e. The standard InChI is InChI=1S/C17H18N5/c1-21-9-7-12-3-5-14(11-15(12)21)19-16-6-4-13-8-10-22(2,18)17(13)20-16/h3-11H,18H2,1-2H3,(H,19,20)/q+1. The third kappa shape index (κ3) is 1.99. The summed E-state index contributed by atoms with van der Waals surface area (Å²) in [6, 6.07) is 12.4. The molecule has 1 unspecified atom stereocenters. The number of aromatic nitrogens is 2. The molecule has 0 saturated carbocycles. The Hall–Kier alpha value is -2.63. The van der Waals surface area contributed by atoms with Gasteiger partial charge in [-0.25, -0.2) is 0 Å². The van der Waals surface area contributed by atoms with E-state index in [-0.39, 0.29) is 4.59 Å². The summed E-state index contributed by atoms with van der Waals surface area (Å²) in [6.07, 6.45) is 5.99. The average Bonchev–Trinajstić information content (AvgIpc) is 3.01. The molecule has 0 fully saturated rings. The van der Waals surface area contributed by atoms with E-state index in [1.54, 1.807) is 0 Å². The molecule has 0 spiro atoms. The number of nitrogens with two attached hydrogens (primary N) is 1. The van der Waals surface area contributed by atoms with Crippen LogP contribution in [-0.4, -0.2) is 16.6 Å². The number of fused-ring (bicyclic) bond motifs is 2. The summed E-state index contributed by atoms with van der Waals surface area (Å²) in [5.74, 6) is 7.84. The minimum atomic E-state index is 0.182. The summed E-state index contributed by atoms with van der Waals surface area (Å²) in [6.45, 7) is 0. The summed E-state index contributed by atoms with van der Waals surface area (Å²) in [4.78, 5) is 4.66. The average molecular weight is 292 g/mol. The van der Waals surface area contributed by atoms with Crippen molar-refractivity contribution in [1.29, 1.82) is 0 Å². The van der Waals surface area contributed by atoms with Crippen LogP contribution in [0.3, 0.4) is 0 Å². The summed E-state index contributed by atoms with van der Waals surface area (Å²) in [5, 5.41) is 4.59. The quantitative estimate of drug-likeness (QED) is 0.563. The Morgan fingerprint density at radius 2 is 2.05 bits per heavy atom. The predicted octanol–water partition coefficient (Wildman–Crippen LogP) is 3.11. The molecule has 5 heteroatoms. The molecule has 1 aliphatic heterocycles. The van der Waals surface area contributed by atoms with Crippen LogP contribution in [0.1, 0.15) is 5.56 Å². The minimum absolute atomic E-state index is 0.182. The van der Waals surface area contributed by atoms with E-state index >= 15 is 0 Å². The molecule has 3 N–H and O–H groups in total. The molecule has 0 radical (unpaired) electrons. The molecule has 3 heterocycles. The lowest BCUT2D eigenvalue weighted by molar-refractivity contribution is 0.466. The second-order valence-electron chi connectivity index (χ2n) is 5.90. The third-order valence-corrected chi connectivity index (χ3v) is 4.09. The Labute approximate surface area is 128 Å². The van der Waals surface area contributed by atoms with Gasteiger partial charge in [-0.3, -0.25) is 0 Å². The van der Waals surface area contributed by atoms with Gasteiger partial charge in [0.25, 0.3) is 5.82 Å². The lowest BCUT2D eigenvalue weighted by Crippen LogP contribution is -2.45. The van der Waals surface area contributed by atoms with Gasteiger partial charge in [-0.2, -0.15) is 15.4 Å². The molecule has 2 aromatic heterocycles. The van der Waals surface area contributed by atoms with Crippen molar-refractivity contribution >= 4 is 34.3 Å². The maximum absolute atomic E-state index is 6.19. The molecule has 0 amide bonds. The molecule has 0 saturated heterocycles. The highest BCUT2D eigenvalue weighted by atomic mass is 15.6. The van der Waals surface area contributed by atoms with E-state index < -0.39 is 0 Å². The lowest BCUT2D eigenvalue weighted by atomic mass is 10.2. The van der Waals surface area contributed by atoms with Gasteiger partial charge in [0.2, 0.25) is 0 Å². The summed E-state index contributed by atoms with van der Waals surface area (Å²) >= 11 is 0. The number of aryl methyl sites for hydroxylation is 1. The van der Waals surface area contributed by atoms with Crippen LogP contribution < -0.4 is 15.8 Å². The Morgan fingerprint density at radius 3 is 2.91 bits per heavy atom. The van der Waals surface area contributed by atoms with E-state index in [1.165, 1.54) is 10.9 Å². The molecule has 22 heavy (non-hydrogen) atoms. The van der Waals surface area contributed by atoms with Crippen molar-refractivity contribution in [3.63, 3.8) is 0 Å². The lowest BCUT2D eigenvalue weighted by Gasteiger charge is -2.19. The number of nitrogens with one attached hydrogen (secondary N) is 1. The van der Waals surface area contributed by atoms with E-state index in [0.717, 1.165) is 22.9 Å². The molecule has 3 aromatic rings. The molecule has 1 aliphatic rings. The molecule has 4 rings (SSSR count). The Kier molecular flexibility index (Phi) is 2.63. The highest BCUT2D eigenvalue weighted by Crippen LogP contribution is 2.31. The summed E-state index contributed by atoms with van der Waals surface area (Å²) in [7, 11) is 3.96. The van der Waals surface area contributed by atoms with E-state index in [4.69, 9.17) is 5.84 Å². The van der Waals surface area contributed by atoms with Gasteiger partial charge in [0.1, 0.15) is 12.0 Å². The van der Waals surface area contributed by atoms with Crippen LogP contribution in [0, 0.1) is 0 Å². The van der Waals surface area contributed by atoms with Crippen molar-refractivity contribution < 1.29 is 0 Å². The summed E-state index contributed by atoms with van der Waals surface area (Å²) in [5.41, 5.74) is 3.26. The van der Waals surface area contributed by atoms with Crippen molar-refractivity contribution in [2.24, 2.45) is 12.9 Å². The van der Waals surface area contributed by atoms with Gasteiger partial charge >= 0.3 is 0 Å². The number of quaternary nitrogens is 1. The van der Waals surface area contributed by atoms with Crippen LogP contribution in [0.5, 0.6) is 0 Å². The molecule has 5 nitrogen and oxygen atoms in total. The first-order chi connectivity index (χ1) is 10.5. The Morgan fingerprint density at radius 1 is 1.18 bits per heavy atom. The van der Waals surface area contributed by atoms with Gasteiger partial charge in [0, 0.05) is 30.5 Å². The topological polar surface area (TPSA) is 55.9 Å². The molecule has 0 aliphatic carbocycles. The van der Waals surface area contributed by atoms with Crippen LogP contribution in [0.4, 0.5) is 17.3 Å². The highest BCUT2D eigenvalue weighted by Gasteiger charge is 2.28. The first-order valence-electron chi connectivity index (χ1n) is 7.21. The largest absolute Gasteiger partial charge is 0.350 e. The number of nitrogens with zero attached hydrogens (tertiary/aromatic N) is 3. The first-order valence-corrected chi connectivity index (χ1v) is 7.21. The second-order valence-corrected chi connectivity index (χ2v) is 5.90. The molecular weight excluding hydrogens is 274 g/mol. The first kappa shape index (κ1) is 13.1. The maximum atomic E-state index is 6.19. The fraction of sp³-hybridized carbons (Fsp3) is 0.118. The van der Waals surface area contributed by atoms with Crippen LogP contribution in [0.15, 0.2) is 48.8 Å². The van der Waals surface area contributed by atoms with Crippen molar-refractivity contribution in [3.8, 4) is 0 Å². The zero-order chi connectivity index (χ0) is 15.3. The van der Waals surface area contributed by atoms with E-state index in [9.17, 15) is 0 Å². The van der Waals surface area contributed by atoms with Gasteiger partial charge in [-0.15, -0.1) is 0 Å². The van der Waals surface area contributed by atoms with E-state index in [0.29, 0.717) is 0 Å². The number of hydrogen-bond donors (Lipinski definition) is 2. The Balaban J connectivity index is 1.70. The van der Waals surface area contributed by atoms with Gasteiger partial charge < -0.3 is 9.88 Å². The molecule has 110 valence electrons. The fourth-order valence-corrected chi connectivity index (χ4v) is 2.84. The normalized spacial score (nSPS) is 19.6. The van der Waals surface area contributed by atoms with Gasteiger partial charge in [-0.1, -0.05) is 6.07 Å². The van der Waals surface area contributed by atoms with Gasteiger partial charge in [0.05, 0.1) is 12.6 Å². The maximum Gasteiger partial charge on any atom is 0.260 e. The van der Waals surface area contributed by atoms with E-state index in [1.807, 2.05) is 38.5 Å². The fourth-order valence-electron chi connectivity index (χ4n) is 2.84. The zero-order valence-electron chi connectivity index (χ0n) is 12.6. The SMILES string of the molecule is Cn1ccc2ccc(Nc3ccc4c(n3)[N+](C)(N)C=C4)cc21. The van der Waals surface area contributed by atoms with Crippen molar-refractivity contribution in [2.45, 2.75) is 0 Å². The van der Waals surface area contributed by atoms with Crippen molar-refractivity contribution in [2.75, 3.05) is 12.4 Å². The number of pyridine rings is 1. The third-order valence-electron chi connectivity index (χ3n) is 4.09. The highest BCUT2D eigenvalue weighted by molar-refractivity contribution is 5.84. The molecule has 1 aromatic carbocycles. The van der Waals surface area contributed by atoms with Gasteiger partial charge in [0.15, 0.2) is 0 Å². The van der Waals surface area contributed by atoms with Crippen LogP contribution >= 0.6 is 0 Å². The second kappa shape index (κ2) is 4.43. The van der Waals surface area contributed by atoms with Crippen LogP contribution in [0.25, 0.3) is 17.0 Å². The van der Waals surface area contributed by atoms with E-state index in [2.05, 4.69) is 45.3 Å². The number of anilines is 2. The monoisotopic (exact) mass is 292 g/mol. The predicted molar refractivity (Wildman–Crippen MR) is 91.4 cm³/mol. The smallest absolute Gasteiger partial charge is 0.260 e. The van der Waals surface area contributed by atoms with Crippen molar-refractivity contribution in [3.05, 3.63) is 54.4 Å². The molecule has 0 bridgehead atoms. The van der Waals surface area contributed by atoms with Crippen molar-refractivity contribution in [1.82, 2.24) is 14.1 Å². The number of rotatable bonds is 2. The summed E-state index contributed by atoms with van der Waals surface area (Å²) < 4.78 is 2.29. The van der Waals surface area contributed by atoms with Crippen LogP contribution in [-0.2, 0) is 7.05 Å². The number of benzene rings is 1. The molecular formula is C17H18N5+. The Bertz CT molecular complexity index is 905. The van der Waals surface area contributed by atoms with Crippen LogP contribution in [0.2, 0.25) is 0 Å². The molecule has 1 atom stereocenters.